The third-order valence-electron chi connectivity index (χ3n) is 10.5. The van der Waals surface area contributed by atoms with E-state index in [1.165, 1.54) is 44.5 Å². The number of fused-ring (bicyclic) bond motifs is 1. The maximum atomic E-state index is 14.2. The zero-order chi connectivity index (χ0) is 36.6. The molecule has 50 heavy (non-hydrogen) atoms. The van der Waals surface area contributed by atoms with Gasteiger partial charge in [0.1, 0.15) is 0 Å². The molecular formula is C46H54O4. The van der Waals surface area contributed by atoms with Crippen LogP contribution in [0.3, 0.4) is 0 Å². The monoisotopic (exact) mass is 670 g/mol. The lowest BCUT2D eigenvalue weighted by Gasteiger charge is -2.54. The number of carbonyl (C=O) groups excluding carboxylic acids is 2. The lowest BCUT2D eigenvalue weighted by atomic mass is 9.53. The molecule has 3 aliphatic carbocycles. The number of benzene rings is 4. The van der Waals surface area contributed by atoms with Gasteiger partial charge in [-0.3, -0.25) is 0 Å². The van der Waals surface area contributed by atoms with Crippen LogP contribution in [0, 0.1) is 0 Å². The number of hydrogen-bond acceptors (Lipinski definition) is 4. The van der Waals surface area contributed by atoms with Crippen LogP contribution in [0.2, 0.25) is 0 Å². The molecule has 262 valence electrons. The van der Waals surface area contributed by atoms with Gasteiger partial charge in [-0.05, 0) is 90.4 Å². The summed E-state index contributed by atoms with van der Waals surface area (Å²) in [6, 6.07) is 27.5. The fourth-order valence-corrected chi connectivity index (χ4v) is 8.36. The van der Waals surface area contributed by atoms with Crippen LogP contribution in [-0.2, 0) is 31.1 Å². The fraction of sp³-hybridized carbons (Fsp3) is 0.435. The first-order valence-electron chi connectivity index (χ1n) is 18.1. The van der Waals surface area contributed by atoms with Crippen LogP contribution in [0.25, 0.3) is 0 Å². The van der Waals surface area contributed by atoms with Gasteiger partial charge in [-0.25, -0.2) is 9.59 Å². The quantitative estimate of drug-likeness (QED) is 0.203. The molecule has 0 spiro atoms. The van der Waals surface area contributed by atoms with Crippen molar-refractivity contribution in [3.63, 3.8) is 0 Å². The molecule has 2 unspecified atom stereocenters. The second-order valence-electron chi connectivity index (χ2n) is 18.4. The summed E-state index contributed by atoms with van der Waals surface area (Å²) in [6.07, 6.45) is -1.51. The van der Waals surface area contributed by atoms with Gasteiger partial charge in [0.15, 0.2) is 12.2 Å². The van der Waals surface area contributed by atoms with Crippen LogP contribution in [0.4, 0.5) is 0 Å². The minimum atomic E-state index is -0.756. The van der Waals surface area contributed by atoms with Gasteiger partial charge in [0.25, 0.3) is 0 Å². The summed E-state index contributed by atoms with van der Waals surface area (Å²) in [5.74, 6) is -1.56. The zero-order valence-electron chi connectivity index (χ0n) is 32.0. The van der Waals surface area contributed by atoms with Crippen molar-refractivity contribution >= 4 is 11.9 Å². The first kappa shape index (κ1) is 35.6. The second kappa shape index (κ2) is 12.2. The van der Waals surface area contributed by atoms with Crippen molar-refractivity contribution in [3.8, 4) is 0 Å². The van der Waals surface area contributed by atoms with E-state index in [9.17, 15) is 9.59 Å². The summed E-state index contributed by atoms with van der Waals surface area (Å²) >= 11 is 0. The van der Waals surface area contributed by atoms with E-state index in [1.807, 2.05) is 36.4 Å². The number of ether oxygens (including phenoxy) is 2. The van der Waals surface area contributed by atoms with Crippen molar-refractivity contribution in [1.29, 1.82) is 0 Å². The highest BCUT2D eigenvalue weighted by molar-refractivity contribution is 5.91. The largest absolute Gasteiger partial charge is 0.454 e. The lowest BCUT2D eigenvalue weighted by Crippen LogP contribution is -2.54. The Balaban J connectivity index is 1.76. The highest BCUT2D eigenvalue weighted by atomic mass is 16.6. The Hall–Kier alpha value is -4.18. The van der Waals surface area contributed by atoms with Gasteiger partial charge in [0.05, 0.1) is 23.0 Å². The maximum Gasteiger partial charge on any atom is 0.338 e. The molecule has 0 saturated heterocycles. The minimum absolute atomic E-state index is 0.203. The molecule has 0 radical (unpaired) electrons. The standard InChI is InChI=1S/C46H54O4/c1-43(2,3)29-23-24-30(44(4,5)6)34-33(29)37-35-31(45(7,8)9)25-26-32(46(10,11)12)36(35)38(34)40(50-42(48)28-21-17-14-18-22-28)39(37)49-41(47)27-19-15-13-16-20-27/h13-26,37-40H,1-12H3/t37-,38-,39?,40?. The Kier molecular flexibility index (Phi) is 8.73. The highest BCUT2D eigenvalue weighted by Gasteiger charge is 2.58. The molecule has 7 rings (SSSR count). The molecule has 4 nitrogen and oxygen atoms in total. The van der Waals surface area contributed by atoms with Crippen molar-refractivity contribution in [2.75, 3.05) is 0 Å². The van der Waals surface area contributed by atoms with E-state index >= 15 is 0 Å². The molecule has 0 amide bonds. The van der Waals surface area contributed by atoms with Crippen LogP contribution >= 0.6 is 0 Å². The van der Waals surface area contributed by atoms with Crippen molar-refractivity contribution in [3.05, 3.63) is 141 Å². The third-order valence-corrected chi connectivity index (χ3v) is 10.5. The molecule has 4 aromatic carbocycles. The average Bonchev–Trinajstić information content (AvgIpc) is 3.03. The summed E-state index contributed by atoms with van der Waals surface area (Å²) in [7, 11) is 0. The van der Waals surface area contributed by atoms with Gasteiger partial charge in [-0.15, -0.1) is 0 Å². The van der Waals surface area contributed by atoms with Gasteiger partial charge in [-0.2, -0.15) is 0 Å². The Bertz CT molecular complexity index is 1700. The molecule has 0 aliphatic heterocycles. The molecule has 0 aromatic heterocycles. The molecule has 0 heterocycles. The van der Waals surface area contributed by atoms with Crippen LogP contribution in [-0.4, -0.2) is 24.1 Å². The SMILES string of the molecule is CC(C)(C)c1ccc(C(C)(C)C)c2c1[C@H]1c3c(C(C)(C)C)ccc(C(C)(C)C)c3[C@H]2C(OC(=O)c2ccccc2)C1OC(=O)c1ccccc1. The zero-order valence-corrected chi connectivity index (χ0v) is 32.0. The molecule has 4 aromatic rings. The highest BCUT2D eigenvalue weighted by Crippen LogP contribution is 2.62. The van der Waals surface area contributed by atoms with E-state index in [-0.39, 0.29) is 33.5 Å². The summed E-state index contributed by atoms with van der Waals surface area (Å²) in [5, 5.41) is 0. The summed E-state index contributed by atoms with van der Waals surface area (Å²) in [6.45, 7) is 27.1. The Morgan fingerprint density at radius 1 is 0.400 bits per heavy atom. The van der Waals surface area contributed by atoms with E-state index in [1.54, 1.807) is 24.3 Å². The maximum absolute atomic E-state index is 14.2. The van der Waals surface area contributed by atoms with Crippen molar-refractivity contribution in [2.24, 2.45) is 0 Å². The van der Waals surface area contributed by atoms with Gasteiger partial charge in [0, 0.05) is 0 Å². The van der Waals surface area contributed by atoms with Crippen LogP contribution < -0.4 is 0 Å². The van der Waals surface area contributed by atoms with Crippen LogP contribution in [0.1, 0.15) is 160 Å². The van der Waals surface area contributed by atoms with E-state index < -0.39 is 24.1 Å². The molecule has 0 N–H and O–H groups in total. The van der Waals surface area contributed by atoms with E-state index in [4.69, 9.17) is 9.47 Å². The van der Waals surface area contributed by atoms with Gasteiger partial charge in [0.2, 0.25) is 0 Å². The van der Waals surface area contributed by atoms with E-state index in [0.717, 1.165) is 0 Å². The predicted molar refractivity (Wildman–Crippen MR) is 203 cm³/mol. The minimum Gasteiger partial charge on any atom is -0.454 e. The molecule has 4 heteroatoms. The van der Waals surface area contributed by atoms with Gasteiger partial charge >= 0.3 is 11.9 Å². The van der Waals surface area contributed by atoms with Crippen molar-refractivity contribution in [2.45, 2.75) is 129 Å². The van der Waals surface area contributed by atoms with Crippen molar-refractivity contribution < 1.29 is 19.1 Å². The fourth-order valence-electron chi connectivity index (χ4n) is 8.36. The van der Waals surface area contributed by atoms with E-state index in [0.29, 0.717) is 11.1 Å². The summed E-state index contributed by atoms with van der Waals surface area (Å²) in [5.41, 5.74) is 9.94. The first-order chi connectivity index (χ1) is 23.2. The number of carbonyl (C=O) groups is 2. The molecule has 3 aliphatic rings. The Morgan fingerprint density at radius 2 is 0.640 bits per heavy atom. The van der Waals surface area contributed by atoms with Gasteiger partial charge < -0.3 is 9.47 Å². The predicted octanol–water partition coefficient (Wildman–Crippen LogP) is 10.9. The van der Waals surface area contributed by atoms with Crippen molar-refractivity contribution in [1.82, 2.24) is 0 Å². The lowest BCUT2D eigenvalue weighted by molar-refractivity contribution is -0.0566. The molecule has 2 atom stereocenters. The number of esters is 2. The average molecular weight is 671 g/mol. The van der Waals surface area contributed by atoms with Crippen LogP contribution in [0.15, 0.2) is 84.9 Å². The smallest absolute Gasteiger partial charge is 0.338 e. The number of hydrogen-bond donors (Lipinski definition) is 0. The number of rotatable bonds is 4. The van der Waals surface area contributed by atoms with Crippen LogP contribution in [0.5, 0.6) is 0 Å². The molecule has 0 fully saturated rings. The second-order valence-corrected chi connectivity index (χ2v) is 18.4. The first-order valence-corrected chi connectivity index (χ1v) is 18.1. The third kappa shape index (κ3) is 6.20. The molecule has 2 bridgehead atoms. The Labute approximate surface area is 299 Å². The summed E-state index contributed by atoms with van der Waals surface area (Å²) in [4.78, 5) is 28.3. The normalized spacial score (nSPS) is 20.2. The Morgan fingerprint density at radius 3 is 0.860 bits per heavy atom. The summed E-state index contributed by atoms with van der Waals surface area (Å²) < 4.78 is 13.5. The molecular weight excluding hydrogens is 617 g/mol. The van der Waals surface area contributed by atoms with Gasteiger partial charge in [-0.1, -0.05) is 144 Å². The topological polar surface area (TPSA) is 52.6 Å². The molecule has 0 saturated carbocycles. The van der Waals surface area contributed by atoms with E-state index in [2.05, 4.69) is 107 Å².